The number of aromatic nitrogens is 2. The van der Waals surface area contributed by atoms with Gasteiger partial charge in [0.1, 0.15) is 6.10 Å². The highest BCUT2D eigenvalue weighted by Gasteiger charge is 2.20. The van der Waals surface area contributed by atoms with Crippen LogP contribution in [0, 0.1) is 13.8 Å². The van der Waals surface area contributed by atoms with Gasteiger partial charge >= 0.3 is 5.97 Å². The lowest BCUT2D eigenvalue weighted by Crippen LogP contribution is -2.14. The van der Waals surface area contributed by atoms with Gasteiger partial charge in [0.25, 0.3) is 0 Å². The second-order valence-corrected chi connectivity index (χ2v) is 5.12. The normalized spacial score (nSPS) is 10.9. The predicted molar refractivity (Wildman–Crippen MR) is 94.1 cm³/mol. The van der Waals surface area contributed by atoms with Crippen molar-refractivity contribution in [3.8, 4) is 0 Å². The van der Waals surface area contributed by atoms with Gasteiger partial charge in [-0.3, -0.25) is 14.8 Å². The first-order valence-electron chi connectivity index (χ1n) is 7.74. The number of carbonyl (C=O) groups is 2. The Kier molecular flexibility index (Phi) is 8.15. The van der Waals surface area contributed by atoms with E-state index < -0.39 is 12.1 Å². The van der Waals surface area contributed by atoms with E-state index in [9.17, 15) is 14.7 Å². The predicted octanol–water partition coefficient (Wildman–Crippen LogP) is 2.75. The maximum Gasteiger partial charge on any atom is 0.336 e. The van der Waals surface area contributed by atoms with E-state index >= 15 is 0 Å². The molecule has 0 spiro atoms. The molecule has 0 radical (unpaired) electrons. The molecule has 6 nitrogen and oxygen atoms in total. The highest BCUT2D eigenvalue weighted by atomic mass is 16.5. The summed E-state index contributed by atoms with van der Waals surface area (Å²) in [7, 11) is 0. The molecule has 0 bridgehead atoms. The lowest BCUT2D eigenvalue weighted by molar-refractivity contribution is -0.139. The molecule has 2 heterocycles. The molecule has 0 aliphatic rings. The van der Waals surface area contributed by atoms with Crippen molar-refractivity contribution in [2.45, 2.75) is 26.9 Å². The Labute approximate surface area is 147 Å². The molecule has 2 aromatic rings. The Morgan fingerprint density at radius 2 is 1.84 bits per heavy atom. The fourth-order valence-corrected chi connectivity index (χ4v) is 1.93. The lowest BCUT2D eigenvalue weighted by atomic mass is 10.0. The summed E-state index contributed by atoms with van der Waals surface area (Å²) in [5.41, 5.74) is 2.71. The summed E-state index contributed by atoms with van der Waals surface area (Å²) in [6.07, 6.45) is 3.04. The van der Waals surface area contributed by atoms with Crippen LogP contribution < -0.4 is 0 Å². The molecule has 132 valence electrons. The van der Waals surface area contributed by atoms with E-state index in [1.807, 2.05) is 6.92 Å². The molecule has 1 N–H and O–H groups in total. The Balaban J connectivity index is 0.000000293. The van der Waals surface area contributed by atoms with Crippen LogP contribution in [-0.4, -0.2) is 33.9 Å². The van der Waals surface area contributed by atoms with Crippen molar-refractivity contribution in [2.24, 2.45) is 0 Å². The second kappa shape index (κ2) is 10.1. The van der Waals surface area contributed by atoms with Crippen molar-refractivity contribution in [2.75, 3.05) is 6.61 Å². The average molecular weight is 342 g/mol. The number of ether oxygens (including phenoxy) is 1. The minimum Gasteiger partial charge on any atom is -0.463 e. The molecule has 6 heteroatoms. The smallest absolute Gasteiger partial charge is 0.336 e. The van der Waals surface area contributed by atoms with Gasteiger partial charge < -0.3 is 9.84 Å². The van der Waals surface area contributed by atoms with E-state index in [4.69, 9.17) is 4.74 Å². The molecule has 0 saturated heterocycles. The number of hydrogen-bond acceptors (Lipinski definition) is 6. The zero-order valence-corrected chi connectivity index (χ0v) is 14.6. The van der Waals surface area contributed by atoms with Crippen LogP contribution in [0.2, 0.25) is 0 Å². The largest absolute Gasteiger partial charge is 0.463 e. The first kappa shape index (κ1) is 20.2. The summed E-state index contributed by atoms with van der Waals surface area (Å²) in [5, 5.41) is 9.93. The van der Waals surface area contributed by atoms with E-state index in [1.54, 1.807) is 50.5 Å². The molecule has 0 fully saturated rings. The number of nitrogens with zero attached hydrogens (tertiary/aromatic N) is 2. The molecule has 2 rings (SSSR count). The fraction of sp³-hybridized carbons (Fsp3) is 0.263. The first-order chi connectivity index (χ1) is 11.9. The minimum absolute atomic E-state index is 0.0259. The zero-order valence-electron chi connectivity index (χ0n) is 14.6. The van der Waals surface area contributed by atoms with Gasteiger partial charge in [-0.05, 0) is 39.0 Å². The van der Waals surface area contributed by atoms with Crippen LogP contribution in [0.3, 0.4) is 0 Å². The number of aliphatic hydroxyl groups is 1. The number of aldehydes is 1. The standard InChI is InChI=1S/C12H15NO3.C7H7NO/c1-4-16-12(15)8(2)11(14)10-6-5-7-13-9(10)3;1-6-7(5-9)3-2-4-8-6/h5-7,11,14H,2,4H2,1,3H3;2-5H,1H3. The highest BCUT2D eigenvalue weighted by molar-refractivity contribution is 5.89. The molecule has 1 unspecified atom stereocenters. The molecule has 0 amide bonds. The molecular formula is C19H22N2O4. The molecule has 2 aromatic heterocycles. The topological polar surface area (TPSA) is 89.4 Å². The molecule has 25 heavy (non-hydrogen) atoms. The van der Waals surface area contributed by atoms with Gasteiger partial charge in [0.05, 0.1) is 12.2 Å². The van der Waals surface area contributed by atoms with Gasteiger partial charge in [0.2, 0.25) is 0 Å². The van der Waals surface area contributed by atoms with Crippen LogP contribution in [-0.2, 0) is 9.53 Å². The quantitative estimate of drug-likeness (QED) is 0.510. The van der Waals surface area contributed by atoms with Gasteiger partial charge in [-0.25, -0.2) is 4.79 Å². The molecule has 0 saturated carbocycles. The monoisotopic (exact) mass is 342 g/mol. The SMILES string of the molecule is C=C(C(=O)OCC)C(O)c1cccnc1C.Cc1ncccc1C=O. The summed E-state index contributed by atoms with van der Waals surface area (Å²) in [6, 6.07) is 6.90. The fourth-order valence-electron chi connectivity index (χ4n) is 1.93. The van der Waals surface area contributed by atoms with Crippen LogP contribution in [0.4, 0.5) is 0 Å². The third-order valence-corrected chi connectivity index (χ3v) is 3.38. The Bertz CT molecular complexity index is 744. The van der Waals surface area contributed by atoms with Crippen molar-refractivity contribution in [3.63, 3.8) is 0 Å². The van der Waals surface area contributed by atoms with Crippen LogP contribution in [0.15, 0.2) is 48.8 Å². The van der Waals surface area contributed by atoms with E-state index in [0.717, 1.165) is 12.0 Å². The number of aryl methyl sites for hydroxylation is 2. The van der Waals surface area contributed by atoms with Crippen molar-refractivity contribution in [3.05, 3.63) is 71.3 Å². The van der Waals surface area contributed by atoms with E-state index in [-0.39, 0.29) is 12.2 Å². The van der Waals surface area contributed by atoms with E-state index in [0.29, 0.717) is 16.8 Å². The molecule has 0 aliphatic carbocycles. The number of pyridine rings is 2. The van der Waals surface area contributed by atoms with Crippen LogP contribution in [0.5, 0.6) is 0 Å². The highest BCUT2D eigenvalue weighted by Crippen LogP contribution is 2.22. The Morgan fingerprint density at radius 1 is 1.24 bits per heavy atom. The van der Waals surface area contributed by atoms with E-state index in [2.05, 4.69) is 16.5 Å². The number of esters is 1. The summed E-state index contributed by atoms with van der Waals surface area (Å²) in [4.78, 5) is 29.5. The number of hydrogen-bond donors (Lipinski definition) is 1. The summed E-state index contributed by atoms with van der Waals surface area (Å²) in [6.45, 7) is 9.07. The maximum absolute atomic E-state index is 11.4. The van der Waals surface area contributed by atoms with Gasteiger partial charge in [0, 0.05) is 34.9 Å². The van der Waals surface area contributed by atoms with Crippen molar-refractivity contribution < 1.29 is 19.4 Å². The summed E-state index contributed by atoms with van der Waals surface area (Å²) >= 11 is 0. The zero-order chi connectivity index (χ0) is 18.8. The number of aliphatic hydroxyl groups excluding tert-OH is 1. The first-order valence-corrected chi connectivity index (χ1v) is 7.74. The third kappa shape index (κ3) is 5.93. The summed E-state index contributed by atoms with van der Waals surface area (Å²) < 4.78 is 4.77. The van der Waals surface area contributed by atoms with Gasteiger partial charge in [-0.2, -0.15) is 0 Å². The van der Waals surface area contributed by atoms with Crippen molar-refractivity contribution in [1.29, 1.82) is 0 Å². The van der Waals surface area contributed by atoms with Crippen LogP contribution in [0.25, 0.3) is 0 Å². The van der Waals surface area contributed by atoms with Crippen molar-refractivity contribution >= 4 is 12.3 Å². The summed E-state index contributed by atoms with van der Waals surface area (Å²) in [5.74, 6) is -0.585. The number of rotatable bonds is 5. The van der Waals surface area contributed by atoms with Gasteiger partial charge in [-0.1, -0.05) is 12.6 Å². The minimum atomic E-state index is -1.06. The number of carbonyl (C=O) groups excluding carboxylic acids is 2. The molecular weight excluding hydrogens is 320 g/mol. The Morgan fingerprint density at radius 3 is 2.32 bits per heavy atom. The maximum atomic E-state index is 11.4. The van der Waals surface area contributed by atoms with Gasteiger partial charge in [-0.15, -0.1) is 0 Å². The lowest BCUT2D eigenvalue weighted by Gasteiger charge is -2.14. The van der Waals surface area contributed by atoms with Gasteiger partial charge in [0.15, 0.2) is 6.29 Å². The third-order valence-electron chi connectivity index (χ3n) is 3.38. The molecule has 1 atom stereocenters. The molecule has 0 aromatic carbocycles. The second-order valence-electron chi connectivity index (χ2n) is 5.12. The van der Waals surface area contributed by atoms with Crippen LogP contribution in [0.1, 0.15) is 40.3 Å². The Hall–Kier alpha value is -2.86. The van der Waals surface area contributed by atoms with Crippen molar-refractivity contribution in [1.82, 2.24) is 9.97 Å². The van der Waals surface area contributed by atoms with E-state index in [1.165, 1.54) is 0 Å². The average Bonchev–Trinajstić information content (AvgIpc) is 2.62. The van der Waals surface area contributed by atoms with Crippen LogP contribution >= 0.6 is 0 Å². The molecule has 0 aliphatic heterocycles.